The van der Waals surface area contributed by atoms with E-state index in [-0.39, 0.29) is 17.9 Å². The number of rotatable bonds is 10. The van der Waals surface area contributed by atoms with Crippen LogP contribution in [0.3, 0.4) is 0 Å². The normalized spacial score (nSPS) is 11.1. The number of sulfonamides is 1. The molecule has 9 nitrogen and oxygen atoms in total. The van der Waals surface area contributed by atoms with Gasteiger partial charge >= 0.3 is 5.97 Å². The number of methoxy groups -OCH3 is 2. The van der Waals surface area contributed by atoms with Gasteiger partial charge in [-0.15, -0.1) is 0 Å². The van der Waals surface area contributed by atoms with Crippen LogP contribution < -0.4 is 19.5 Å². The molecule has 10 heteroatoms. The van der Waals surface area contributed by atoms with E-state index in [0.29, 0.717) is 28.3 Å². The molecule has 0 bridgehead atoms. The van der Waals surface area contributed by atoms with Gasteiger partial charge < -0.3 is 19.5 Å². The summed E-state index contributed by atoms with van der Waals surface area (Å²) in [7, 11) is -0.862. The molecule has 0 spiro atoms. The lowest BCUT2D eigenvalue weighted by molar-refractivity contribution is -0.147. The van der Waals surface area contributed by atoms with Gasteiger partial charge in [-0.05, 0) is 74.6 Å². The number of benzene rings is 2. The monoisotopic (exact) mass is 492 g/mol. The van der Waals surface area contributed by atoms with E-state index in [9.17, 15) is 18.0 Å². The van der Waals surface area contributed by atoms with Gasteiger partial charge in [0.25, 0.3) is 5.91 Å². The Hall–Kier alpha value is -3.11. The van der Waals surface area contributed by atoms with Gasteiger partial charge in [0.2, 0.25) is 10.0 Å². The molecule has 0 fully saturated rings. The zero-order chi connectivity index (χ0) is 25.6. The third kappa shape index (κ3) is 6.27. The highest BCUT2D eigenvalue weighted by molar-refractivity contribution is 7.89. The Labute approximate surface area is 200 Å². The summed E-state index contributed by atoms with van der Waals surface area (Å²) in [5.41, 5.74) is 4.65. The van der Waals surface area contributed by atoms with E-state index in [0.717, 1.165) is 16.7 Å². The van der Waals surface area contributed by atoms with Gasteiger partial charge in [-0.3, -0.25) is 9.59 Å². The molecule has 0 aliphatic heterocycles. The van der Waals surface area contributed by atoms with Crippen LogP contribution in [0, 0.1) is 34.6 Å². The van der Waals surface area contributed by atoms with Crippen molar-refractivity contribution in [2.75, 3.05) is 32.7 Å². The zero-order valence-corrected chi connectivity index (χ0v) is 21.4. The van der Waals surface area contributed by atoms with E-state index >= 15 is 0 Å². The summed E-state index contributed by atoms with van der Waals surface area (Å²) >= 11 is 0. The summed E-state index contributed by atoms with van der Waals surface area (Å²) in [5.74, 6) is -0.316. The van der Waals surface area contributed by atoms with Gasteiger partial charge in [-0.2, -0.15) is 0 Å². The fourth-order valence-corrected chi connectivity index (χ4v) is 5.16. The van der Waals surface area contributed by atoms with E-state index in [2.05, 4.69) is 10.0 Å². The molecule has 0 atom stereocenters. The fraction of sp³-hybridized carbons (Fsp3) is 0.417. The average molecular weight is 493 g/mol. The molecular weight excluding hydrogens is 460 g/mol. The molecule has 2 N–H and O–H groups in total. The Kier molecular flexibility index (Phi) is 9.06. The highest BCUT2D eigenvalue weighted by Gasteiger charge is 2.23. The number of carbonyl (C=O) groups is 2. The summed E-state index contributed by atoms with van der Waals surface area (Å²) in [6, 6.07) is 4.86. The van der Waals surface area contributed by atoms with Crippen LogP contribution in [-0.2, 0) is 24.3 Å². The summed E-state index contributed by atoms with van der Waals surface area (Å²) in [6.45, 7) is 8.61. The second-order valence-corrected chi connectivity index (χ2v) is 9.58. The average Bonchev–Trinajstić information content (AvgIpc) is 2.80. The van der Waals surface area contributed by atoms with Crippen molar-refractivity contribution in [3.8, 4) is 11.5 Å². The van der Waals surface area contributed by atoms with Crippen molar-refractivity contribution >= 4 is 27.6 Å². The highest BCUT2D eigenvalue weighted by atomic mass is 32.2. The lowest BCUT2D eigenvalue weighted by atomic mass is 9.95. The molecule has 0 saturated carbocycles. The van der Waals surface area contributed by atoms with Crippen molar-refractivity contribution < 1.29 is 32.2 Å². The molecule has 2 aromatic carbocycles. The van der Waals surface area contributed by atoms with Crippen molar-refractivity contribution in [3.05, 3.63) is 46.0 Å². The molecule has 0 radical (unpaired) electrons. The number of carbonyl (C=O) groups excluding carboxylic acids is 2. The van der Waals surface area contributed by atoms with Gasteiger partial charge in [-0.1, -0.05) is 0 Å². The minimum Gasteiger partial charge on any atom is -0.497 e. The summed E-state index contributed by atoms with van der Waals surface area (Å²) in [6.07, 6.45) is -0.222. The predicted octanol–water partition coefficient (Wildman–Crippen LogP) is 3.10. The molecule has 0 saturated heterocycles. The minimum atomic E-state index is -3.83. The highest BCUT2D eigenvalue weighted by Crippen LogP contribution is 2.30. The van der Waals surface area contributed by atoms with Crippen LogP contribution in [0.25, 0.3) is 0 Å². The molecule has 0 aliphatic carbocycles. The van der Waals surface area contributed by atoms with E-state index in [1.807, 2.05) is 20.8 Å². The molecule has 1 amide bonds. The van der Waals surface area contributed by atoms with Gasteiger partial charge in [0.15, 0.2) is 6.61 Å². The number of nitrogens with one attached hydrogen (secondary N) is 2. The second kappa shape index (κ2) is 11.3. The zero-order valence-electron chi connectivity index (χ0n) is 20.6. The first-order valence-electron chi connectivity index (χ1n) is 10.7. The third-order valence-electron chi connectivity index (χ3n) is 5.87. The maximum absolute atomic E-state index is 12.9. The number of hydrogen-bond acceptors (Lipinski definition) is 7. The summed E-state index contributed by atoms with van der Waals surface area (Å²) < 4.78 is 43.5. The molecule has 0 heterocycles. The van der Waals surface area contributed by atoms with Gasteiger partial charge in [0.1, 0.15) is 11.5 Å². The van der Waals surface area contributed by atoms with Crippen LogP contribution in [0.15, 0.2) is 23.1 Å². The van der Waals surface area contributed by atoms with Crippen LogP contribution in [0.5, 0.6) is 11.5 Å². The number of esters is 1. The fourth-order valence-electron chi connectivity index (χ4n) is 3.53. The lowest BCUT2D eigenvalue weighted by Gasteiger charge is -2.19. The van der Waals surface area contributed by atoms with E-state index in [4.69, 9.17) is 14.2 Å². The van der Waals surface area contributed by atoms with Gasteiger partial charge in [0, 0.05) is 12.6 Å². The topological polar surface area (TPSA) is 120 Å². The Morgan fingerprint density at radius 2 is 1.47 bits per heavy atom. The van der Waals surface area contributed by atoms with Crippen molar-refractivity contribution in [1.29, 1.82) is 0 Å². The number of anilines is 1. The Morgan fingerprint density at radius 1 is 0.882 bits per heavy atom. The summed E-state index contributed by atoms with van der Waals surface area (Å²) in [4.78, 5) is 24.4. The van der Waals surface area contributed by atoms with Gasteiger partial charge in [-0.25, -0.2) is 13.1 Å². The van der Waals surface area contributed by atoms with Crippen LogP contribution in [0.1, 0.15) is 34.2 Å². The molecule has 0 aliphatic rings. The van der Waals surface area contributed by atoms with Gasteiger partial charge in [0.05, 0.1) is 31.2 Å². The van der Waals surface area contributed by atoms with Crippen molar-refractivity contribution in [2.24, 2.45) is 0 Å². The first-order valence-corrected chi connectivity index (χ1v) is 12.1. The predicted molar refractivity (Wildman–Crippen MR) is 129 cm³/mol. The smallest absolute Gasteiger partial charge is 0.307 e. The van der Waals surface area contributed by atoms with Crippen LogP contribution in [0.2, 0.25) is 0 Å². The number of hydrogen-bond donors (Lipinski definition) is 2. The van der Waals surface area contributed by atoms with Crippen molar-refractivity contribution in [2.45, 2.75) is 45.9 Å². The molecule has 0 unspecified atom stereocenters. The van der Waals surface area contributed by atoms with Crippen LogP contribution in [-0.4, -0.2) is 47.7 Å². The van der Waals surface area contributed by atoms with Crippen LogP contribution in [0.4, 0.5) is 5.69 Å². The molecule has 2 aromatic rings. The lowest BCUT2D eigenvalue weighted by Crippen LogP contribution is -2.29. The largest absolute Gasteiger partial charge is 0.497 e. The molecule has 34 heavy (non-hydrogen) atoms. The first kappa shape index (κ1) is 27.1. The standard InChI is InChI=1S/C24H32N2O7S/c1-14-15(2)17(4)24(18(5)16(14)3)34(29,30)25-11-10-23(28)33-13-22(27)26-20-9-8-19(31-6)12-21(20)32-7/h8-9,12,25H,10-11,13H2,1-7H3,(H,26,27). The minimum absolute atomic E-state index is 0.153. The molecular formula is C24H32N2O7S. The van der Waals surface area contributed by atoms with Crippen molar-refractivity contribution in [1.82, 2.24) is 4.72 Å². The Bertz CT molecular complexity index is 1160. The quantitative estimate of drug-likeness (QED) is 0.489. The molecule has 186 valence electrons. The Morgan fingerprint density at radius 3 is 2.03 bits per heavy atom. The first-order chi connectivity index (χ1) is 15.9. The molecule has 0 aromatic heterocycles. The maximum Gasteiger partial charge on any atom is 0.307 e. The number of amides is 1. The maximum atomic E-state index is 12.9. The van der Waals surface area contributed by atoms with Crippen molar-refractivity contribution in [3.63, 3.8) is 0 Å². The third-order valence-corrected chi connectivity index (χ3v) is 7.60. The second-order valence-electron chi connectivity index (χ2n) is 7.88. The SMILES string of the molecule is COc1ccc(NC(=O)COC(=O)CCNS(=O)(=O)c2c(C)c(C)c(C)c(C)c2C)c(OC)c1. The Balaban J connectivity index is 1.91. The summed E-state index contributed by atoms with van der Waals surface area (Å²) in [5, 5.41) is 2.59. The van der Waals surface area contributed by atoms with E-state index in [1.165, 1.54) is 14.2 Å². The van der Waals surface area contributed by atoms with E-state index in [1.54, 1.807) is 32.0 Å². The molecule has 2 rings (SSSR count). The van der Waals surface area contributed by atoms with E-state index < -0.39 is 28.5 Å². The number of ether oxygens (including phenoxy) is 3. The van der Waals surface area contributed by atoms with Crippen LogP contribution >= 0.6 is 0 Å².